The number of hydrogen-bond donors (Lipinski definition) is 1. The van der Waals surface area contributed by atoms with Crippen LogP contribution in [0.3, 0.4) is 0 Å². The van der Waals surface area contributed by atoms with Crippen LogP contribution in [0.4, 0.5) is 0 Å². The first kappa shape index (κ1) is 11.3. The van der Waals surface area contributed by atoms with Crippen molar-refractivity contribution in [3.8, 4) is 0 Å². The van der Waals surface area contributed by atoms with Crippen LogP contribution in [0.1, 0.15) is 32.6 Å². The zero-order chi connectivity index (χ0) is 10.2. The van der Waals surface area contributed by atoms with Crippen LogP contribution in [0.2, 0.25) is 0 Å². The second kappa shape index (κ2) is 3.75. The molecule has 0 aliphatic carbocycles. The topological polar surface area (TPSA) is 33.4 Å². The van der Waals surface area contributed by atoms with E-state index in [-0.39, 0.29) is 5.41 Å². The second-order valence-electron chi connectivity index (χ2n) is 4.04. The molecule has 1 N–H and O–H groups in total. The van der Waals surface area contributed by atoms with Gasteiger partial charge in [-0.3, -0.25) is 0 Å². The van der Waals surface area contributed by atoms with E-state index >= 15 is 0 Å². The van der Waals surface area contributed by atoms with Crippen molar-refractivity contribution in [1.29, 1.82) is 0 Å². The molecule has 0 radical (unpaired) electrons. The van der Waals surface area contributed by atoms with Crippen LogP contribution in [0.15, 0.2) is 19.6 Å². The first-order valence-electron chi connectivity index (χ1n) is 3.95. The predicted molar refractivity (Wildman–Crippen MR) is 58.5 cm³/mol. The number of hydrogen-bond acceptors (Lipinski definition) is 2. The van der Waals surface area contributed by atoms with Crippen molar-refractivity contribution in [3.63, 3.8) is 0 Å². The van der Waals surface area contributed by atoms with Gasteiger partial charge in [-0.05, 0) is 43.3 Å². The van der Waals surface area contributed by atoms with Gasteiger partial charge in [-0.15, -0.1) is 0 Å². The summed E-state index contributed by atoms with van der Waals surface area (Å²) in [5, 5.41) is 9.86. The van der Waals surface area contributed by atoms with Crippen molar-refractivity contribution in [2.45, 2.75) is 26.9 Å². The summed E-state index contributed by atoms with van der Waals surface area (Å²) in [6.07, 6.45) is -0.588. The van der Waals surface area contributed by atoms with Crippen LogP contribution >= 0.6 is 31.9 Å². The van der Waals surface area contributed by atoms with Crippen molar-refractivity contribution in [2.24, 2.45) is 5.41 Å². The number of aliphatic hydroxyl groups excluding tert-OH is 1. The zero-order valence-corrected chi connectivity index (χ0v) is 10.9. The molecule has 0 fully saturated rings. The van der Waals surface area contributed by atoms with Gasteiger partial charge in [-0.25, -0.2) is 0 Å². The first-order chi connectivity index (χ1) is 5.82. The fraction of sp³-hybridized carbons (Fsp3) is 0.556. The van der Waals surface area contributed by atoms with Crippen LogP contribution in [0, 0.1) is 5.41 Å². The van der Waals surface area contributed by atoms with E-state index in [2.05, 4.69) is 31.9 Å². The number of rotatable bonds is 1. The summed E-state index contributed by atoms with van der Waals surface area (Å²) in [7, 11) is 0. The first-order valence-corrected chi connectivity index (χ1v) is 5.54. The molecule has 1 atom stereocenters. The summed E-state index contributed by atoms with van der Waals surface area (Å²) in [6, 6.07) is 1.78. The lowest BCUT2D eigenvalue weighted by Crippen LogP contribution is -2.17. The minimum absolute atomic E-state index is 0.212. The second-order valence-corrected chi connectivity index (χ2v) is 5.61. The van der Waals surface area contributed by atoms with Crippen molar-refractivity contribution in [1.82, 2.24) is 0 Å². The molecule has 13 heavy (non-hydrogen) atoms. The van der Waals surface area contributed by atoms with Gasteiger partial charge in [0.1, 0.15) is 11.9 Å². The highest BCUT2D eigenvalue weighted by Crippen LogP contribution is 2.37. The molecule has 0 saturated carbocycles. The molecule has 1 aromatic rings. The van der Waals surface area contributed by atoms with E-state index in [9.17, 15) is 5.11 Å². The zero-order valence-electron chi connectivity index (χ0n) is 7.77. The minimum Gasteiger partial charge on any atom is -0.450 e. The Balaban J connectivity index is 2.96. The Labute approximate surface area is 94.6 Å². The molecule has 0 bridgehead atoms. The standard InChI is InChI=1S/C9H12Br2O2/c1-9(2,3)7(12)6-4-5(10)8(11)13-6/h4,7,12H,1-3H3. The van der Waals surface area contributed by atoms with Gasteiger partial charge in [-0.2, -0.15) is 0 Å². The molecule has 1 rings (SSSR count). The van der Waals surface area contributed by atoms with Crippen LogP contribution in [-0.4, -0.2) is 5.11 Å². The van der Waals surface area contributed by atoms with Gasteiger partial charge < -0.3 is 9.52 Å². The fourth-order valence-corrected chi connectivity index (χ4v) is 1.53. The van der Waals surface area contributed by atoms with Crippen molar-refractivity contribution >= 4 is 31.9 Å². The van der Waals surface area contributed by atoms with Crippen LogP contribution < -0.4 is 0 Å². The van der Waals surface area contributed by atoms with E-state index in [0.717, 1.165) is 4.47 Å². The molecule has 0 aromatic carbocycles. The Morgan fingerprint density at radius 3 is 2.23 bits per heavy atom. The third kappa shape index (κ3) is 2.58. The predicted octanol–water partition coefficient (Wildman–Crippen LogP) is 3.88. The largest absolute Gasteiger partial charge is 0.450 e. The van der Waals surface area contributed by atoms with E-state index in [1.807, 2.05) is 20.8 Å². The molecule has 4 heteroatoms. The summed E-state index contributed by atoms with van der Waals surface area (Å²) in [5.41, 5.74) is -0.212. The lowest BCUT2D eigenvalue weighted by Gasteiger charge is -2.23. The molecule has 0 aliphatic heterocycles. The summed E-state index contributed by atoms with van der Waals surface area (Å²) >= 11 is 6.53. The van der Waals surface area contributed by atoms with Gasteiger partial charge in [0.2, 0.25) is 0 Å². The molecule has 1 aromatic heterocycles. The summed E-state index contributed by atoms with van der Waals surface area (Å²) in [5.74, 6) is 0.575. The smallest absolute Gasteiger partial charge is 0.183 e. The highest BCUT2D eigenvalue weighted by Gasteiger charge is 2.27. The van der Waals surface area contributed by atoms with Crippen molar-refractivity contribution < 1.29 is 9.52 Å². The van der Waals surface area contributed by atoms with Gasteiger partial charge in [0.05, 0.1) is 4.47 Å². The third-order valence-electron chi connectivity index (χ3n) is 1.75. The van der Waals surface area contributed by atoms with Gasteiger partial charge in [-0.1, -0.05) is 20.8 Å². The van der Waals surface area contributed by atoms with Gasteiger partial charge in [0.25, 0.3) is 0 Å². The van der Waals surface area contributed by atoms with Crippen LogP contribution in [0.5, 0.6) is 0 Å². The van der Waals surface area contributed by atoms with Gasteiger partial charge in [0.15, 0.2) is 4.67 Å². The number of furan rings is 1. The maximum Gasteiger partial charge on any atom is 0.183 e. The van der Waals surface area contributed by atoms with Crippen molar-refractivity contribution in [3.05, 3.63) is 21.0 Å². The van der Waals surface area contributed by atoms with E-state index < -0.39 is 6.10 Å². The average Bonchev–Trinajstić information content (AvgIpc) is 2.29. The summed E-state index contributed by atoms with van der Waals surface area (Å²) < 4.78 is 6.76. The van der Waals surface area contributed by atoms with Gasteiger partial charge in [0, 0.05) is 0 Å². The highest BCUT2D eigenvalue weighted by molar-refractivity contribution is 9.13. The molecular weight excluding hydrogens is 300 g/mol. The Bertz CT molecular complexity index is 280. The molecule has 1 heterocycles. The molecule has 0 aliphatic rings. The van der Waals surface area contributed by atoms with Crippen LogP contribution in [-0.2, 0) is 0 Å². The lowest BCUT2D eigenvalue weighted by molar-refractivity contribution is 0.0427. The Kier molecular flexibility index (Phi) is 3.25. The summed E-state index contributed by atoms with van der Waals surface area (Å²) in [6.45, 7) is 5.88. The molecule has 1 unspecified atom stereocenters. The summed E-state index contributed by atoms with van der Waals surface area (Å²) in [4.78, 5) is 0. The normalized spacial score (nSPS) is 14.6. The van der Waals surface area contributed by atoms with Gasteiger partial charge >= 0.3 is 0 Å². The molecule has 2 nitrogen and oxygen atoms in total. The number of halogens is 2. The van der Waals surface area contributed by atoms with Crippen molar-refractivity contribution in [2.75, 3.05) is 0 Å². The Morgan fingerprint density at radius 1 is 1.38 bits per heavy atom. The molecular formula is C9H12Br2O2. The quantitative estimate of drug-likeness (QED) is 0.853. The molecule has 0 amide bonds. The van der Waals surface area contributed by atoms with E-state index in [4.69, 9.17) is 4.42 Å². The maximum absolute atomic E-state index is 9.86. The SMILES string of the molecule is CC(C)(C)C(O)c1cc(Br)c(Br)o1. The van der Waals surface area contributed by atoms with E-state index in [1.165, 1.54) is 0 Å². The maximum atomic E-state index is 9.86. The van der Waals surface area contributed by atoms with E-state index in [1.54, 1.807) is 6.07 Å². The monoisotopic (exact) mass is 310 g/mol. The van der Waals surface area contributed by atoms with Crippen LogP contribution in [0.25, 0.3) is 0 Å². The fourth-order valence-electron chi connectivity index (χ4n) is 0.925. The molecule has 0 saturated heterocycles. The average molecular weight is 312 g/mol. The highest BCUT2D eigenvalue weighted by atomic mass is 79.9. The lowest BCUT2D eigenvalue weighted by atomic mass is 9.88. The molecule has 74 valence electrons. The molecule has 0 spiro atoms. The van der Waals surface area contributed by atoms with E-state index in [0.29, 0.717) is 10.4 Å². The minimum atomic E-state index is -0.588. The number of aliphatic hydroxyl groups is 1. The Morgan fingerprint density at radius 2 is 1.92 bits per heavy atom. The Hall–Kier alpha value is 0.200. The third-order valence-corrected chi connectivity index (χ3v) is 3.46.